The number of nitrogens with zero attached hydrogens (tertiary/aromatic N) is 2. The second-order valence-electron chi connectivity index (χ2n) is 6.31. The van der Waals surface area contributed by atoms with Crippen LogP contribution in [0.1, 0.15) is 23.7 Å². The molecule has 13 heteroatoms. The highest BCUT2D eigenvalue weighted by Gasteiger charge is 2.55. The minimum Gasteiger partial charge on any atom is -0.322 e. The molecule has 0 atom stereocenters. The van der Waals surface area contributed by atoms with Crippen molar-refractivity contribution >= 4 is 23.2 Å². The van der Waals surface area contributed by atoms with Crippen LogP contribution in [0.25, 0.3) is 11.3 Å². The van der Waals surface area contributed by atoms with Crippen molar-refractivity contribution in [2.24, 2.45) is 0 Å². The van der Waals surface area contributed by atoms with E-state index in [4.69, 9.17) is 23.2 Å². The van der Waals surface area contributed by atoms with E-state index in [1.54, 1.807) is 0 Å². The van der Waals surface area contributed by atoms with Gasteiger partial charge in [-0.25, -0.2) is 0 Å². The maximum absolute atomic E-state index is 13.8. The van der Waals surface area contributed by atoms with Gasteiger partial charge < -0.3 is 4.57 Å². The van der Waals surface area contributed by atoms with Gasteiger partial charge in [0.05, 0.1) is 33.5 Å². The van der Waals surface area contributed by atoms with Crippen LogP contribution >= 0.6 is 23.2 Å². The molecule has 1 aromatic heterocycles. The van der Waals surface area contributed by atoms with E-state index >= 15 is 0 Å². The number of rotatable bonds is 4. The first kappa shape index (κ1) is 24.7. The van der Waals surface area contributed by atoms with Crippen molar-refractivity contribution in [3.63, 3.8) is 0 Å². The van der Waals surface area contributed by atoms with Crippen molar-refractivity contribution in [1.82, 2.24) is 9.47 Å². The van der Waals surface area contributed by atoms with Crippen LogP contribution in [0.15, 0.2) is 18.2 Å². The number of alkyl halides is 9. The normalized spacial score (nSPS) is 13.4. The molecule has 0 bridgehead atoms. The Bertz CT molecular complexity index is 927. The predicted molar refractivity (Wildman–Crippen MR) is 93.2 cm³/mol. The van der Waals surface area contributed by atoms with Crippen LogP contribution in [0, 0.1) is 0 Å². The van der Waals surface area contributed by atoms with Gasteiger partial charge in [0, 0.05) is 5.56 Å². The molecule has 2 nitrogen and oxygen atoms in total. The summed E-state index contributed by atoms with van der Waals surface area (Å²) in [5.41, 5.74) is -9.58. The Labute approximate surface area is 174 Å². The SMILES string of the molecule is CCN(C)Cn1c(-c2ccc(Cl)c(Cl)c2)c(C(F)(F)F)c(C(F)(F)F)c1C(F)(F)F. The molecule has 168 valence electrons. The molecular weight excluding hydrogens is 474 g/mol. The average Bonchev–Trinajstić information content (AvgIpc) is 2.92. The monoisotopic (exact) mass is 486 g/mol. The van der Waals surface area contributed by atoms with Crippen molar-refractivity contribution in [2.45, 2.75) is 32.1 Å². The fourth-order valence-corrected chi connectivity index (χ4v) is 3.19. The third kappa shape index (κ3) is 4.83. The van der Waals surface area contributed by atoms with Crippen molar-refractivity contribution in [2.75, 3.05) is 13.6 Å². The molecule has 1 heterocycles. The van der Waals surface area contributed by atoms with E-state index in [-0.39, 0.29) is 21.2 Å². The zero-order valence-electron chi connectivity index (χ0n) is 15.2. The molecule has 0 saturated carbocycles. The highest BCUT2D eigenvalue weighted by atomic mass is 35.5. The molecule has 0 fully saturated rings. The second kappa shape index (κ2) is 8.16. The topological polar surface area (TPSA) is 8.17 Å². The number of aromatic nitrogens is 1. The van der Waals surface area contributed by atoms with Gasteiger partial charge in [0.1, 0.15) is 5.69 Å². The number of hydrogen-bond donors (Lipinski definition) is 0. The third-order valence-corrected chi connectivity index (χ3v) is 4.95. The fraction of sp³-hybridized carbons (Fsp3) is 0.412. The molecule has 0 spiro atoms. The quantitative estimate of drug-likeness (QED) is 0.408. The summed E-state index contributed by atoms with van der Waals surface area (Å²) in [6, 6.07) is 2.65. The Morgan fingerprint density at radius 2 is 1.37 bits per heavy atom. The van der Waals surface area contributed by atoms with Crippen LogP contribution in [0.2, 0.25) is 10.0 Å². The number of hydrogen-bond acceptors (Lipinski definition) is 1. The average molecular weight is 487 g/mol. The van der Waals surface area contributed by atoms with Gasteiger partial charge >= 0.3 is 18.5 Å². The first-order valence-electron chi connectivity index (χ1n) is 8.12. The van der Waals surface area contributed by atoms with Gasteiger partial charge in [-0.15, -0.1) is 0 Å². The summed E-state index contributed by atoms with van der Waals surface area (Å²) in [6.45, 7) is 0.643. The van der Waals surface area contributed by atoms with Gasteiger partial charge in [-0.2, -0.15) is 39.5 Å². The lowest BCUT2D eigenvalue weighted by atomic mass is 10.0. The molecule has 0 aliphatic rings. The van der Waals surface area contributed by atoms with Crippen molar-refractivity contribution < 1.29 is 39.5 Å². The van der Waals surface area contributed by atoms with Crippen molar-refractivity contribution in [1.29, 1.82) is 0 Å². The van der Waals surface area contributed by atoms with Crippen LogP contribution in [0.4, 0.5) is 39.5 Å². The summed E-state index contributed by atoms with van der Waals surface area (Å²) < 4.78 is 123. The predicted octanol–water partition coefficient (Wildman–Crippen LogP) is 7.43. The lowest BCUT2D eigenvalue weighted by molar-refractivity contribution is -0.175. The number of benzene rings is 1. The number of halogens is 11. The summed E-state index contributed by atoms with van der Waals surface area (Å²) in [4.78, 5) is 1.12. The fourth-order valence-electron chi connectivity index (χ4n) is 2.89. The van der Waals surface area contributed by atoms with Crippen LogP contribution < -0.4 is 0 Å². The highest BCUT2D eigenvalue weighted by molar-refractivity contribution is 6.42. The summed E-state index contributed by atoms with van der Waals surface area (Å²) in [6.07, 6.45) is -17.4. The Kier molecular flexibility index (Phi) is 6.71. The minimum atomic E-state index is -5.93. The van der Waals surface area contributed by atoms with Crippen LogP contribution in [-0.4, -0.2) is 23.1 Å². The molecule has 0 radical (unpaired) electrons. The zero-order valence-corrected chi connectivity index (χ0v) is 16.7. The molecule has 0 aliphatic carbocycles. The third-order valence-electron chi connectivity index (χ3n) is 4.21. The molecule has 1 aromatic carbocycles. The van der Waals surface area contributed by atoms with Crippen molar-refractivity contribution in [3.05, 3.63) is 45.1 Å². The smallest absolute Gasteiger partial charge is 0.322 e. The van der Waals surface area contributed by atoms with Gasteiger partial charge in [0.25, 0.3) is 0 Å². The van der Waals surface area contributed by atoms with Gasteiger partial charge in [-0.05, 0) is 25.7 Å². The highest BCUT2D eigenvalue weighted by Crippen LogP contribution is 2.52. The first-order valence-corrected chi connectivity index (χ1v) is 8.87. The van der Waals surface area contributed by atoms with Gasteiger partial charge in [-0.1, -0.05) is 36.2 Å². The van der Waals surface area contributed by atoms with Crippen LogP contribution in [-0.2, 0) is 25.2 Å². The molecule has 0 aliphatic heterocycles. The van der Waals surface area contributed by atoms with Gasteiger partial charge in [0.2, 0.25) is 0 Å². The Morgan fingerprint density at radius 3 is 1.77 bits per heavy atom. The minimum absolute atomic E-state index is 0.0330. The second-order valence-corrected chi connectivity index (χ2v) is 7.13. The summed E-state index contributed by atoms with van der Waals surface area (Å²) in [5.74, 6) is 0. The summed E-state index contributed by atoms with van der Waals surface area (Å²) in [5, 5.41) is -0.467. The lowest BCUT2D eigenvalue weighted by Gasteiger charge is -2.22. The standard InChI is InChI=1S/C17H13Cl2F9N2/c1-3-29(2)7-30-13(8-4-5-9(18)10(19)6-8)11(15(20,21)22)12(16(23,24)25)14(30)17(26,27)28/h4-6H,3,7H2,1-2H3. The Morgan fingerprint density at radius 1 is 0.833 bits per heavy atom. The van der Waals surface area contributed by atoms with E-state index in [0.717, 1.165) is 23.1 Å². The summed E-state index contributed by atoms with van der Waals surface area (Å²) in [7, 11) is 1.25. The largest absolute Gasteiger partial charge is 0.432 e. The van der Waals surface area contributed by atoms with E-state index in [1.807, 2.05) is 0 Å². The molecular formula is C17H13Cl2F9N2. The van der Waals surface area contributed by atoms with Crippen molar-refractivity contribution in [3.8, 4) is 11.3 Å². The van der Waals surface area contributed by atoms with Crippen LogP contribution in [0.3, 0.4) is 0 Å². The lowest BCUT2D eigenvalue weighted by Crippen LogP contribution is -2.27. The Balaban J connectivity index is 3.13. The van der Waals surface area contributed by atoms with Gasteiger partial charge in [0.15, 0.2) is 0 Å². The molecule has 0 saturated heterocycles. The Hall–Kier alpha value is -1.59. The molecule has 0 unspecified atom stereocenters. The van der Waals surface area contributed by atoms with E-state index in [2.05, 4.69) is 0 Å². The van der Waals surface area contributed by atoms with E-state index in [9.17, 15) is 39.5 Å². The first-order chi connectivity index (χ1) is 13.5. The summed E-state index contributed by atoms with van der Waals surface area (Å²) >= 11 is 11.5. The molecule has 0 N–H and O–H groups in total. The molecule has 30 heavy (non-hydrogen) atoms. The zero-order chi connectivity index (χ0) is 23.2. The van der Waals surface area contributed by atoms with Crippen LogP contribution in [0.5, 0.6) is 0 Å². The van der Waals surface area contributed by atoms with E-state index < -0.39 is 53.3 Å². The maximum Gasteiger partial charge on any atom is 0.432 e. The molecule has 0 amide bonds. The van der Waals surface area contributed by atoms with E-state index in [0.29, 0.717) is 0 Å². The molecule has 2 rings (SSSR count). The molecule has 2 aromatic rings. The maximum atomic E-state index is 13.8. The van der Waals surface area contributed by atoms with E-state index in [1.165, 1.54) is 14.0 Å². The van der Waals surface area contributed by atoms with Gasteiger partial charge in [-0.3, -0.25) is 4.90 Å².